The highest BCUT2D eigenvalue weighted by molar-refractivity contribution is 5.79. The number of guanidine groups is 1. The molecule has 7 heteroatoms. The Morgan fingerprint density at radius 2 is 1.76 bits per heavy atom. The molecule has 1 aliphatic rings. The summed E-state index contributed by atoms with van der Waals surface area (Å²) in [7, 11) is 1.75. The number of benzene rings is 1. The molecule has 0 radical (unpaired) electrons. The summed E-state index contributed by atoms with van der Waals surface area (Å²) < 4.78 is 12.9. The van der Waals surface area contributed by atoms with Crippen LogP contribution in [0.4, 0.5) is 4.39 Å². The van der Waals surface area contributed by atoms with Gasteiger partial charge in [-0.05, 0) is 24.1 Å². The molecule has 25 heavy (non-hydrogen) atoms. The Labute approximate surface area is 149 Å². The fraction of sp³-hybridized carbons (Fsp3) is 0.556. The Bertz CT molecular complexity index is 567. The molecule has 1 aromatic carbocycles. The van der Waals surface area contributed by atoms with Crippen molar-refractivity contribution in [2.45, 2.75) is 13.3 Å². The highest BCUT2D eigenvalue weighted by Gasteiger charge is 2.17. The van der Waals surface area contributed by atoms with Crippen molar-refractivity contribution in [3.05, 3.63) is 35.6 Å². The first-order valence-corrected chi connectivity index (χ1v) is 8.75. The first-order chi connectivity index (χ1) is 12.1. The lowest BCUT2D eigenvalue weighted by atomic mass is 10.1. The normalized spacial score (nSPS) is 16.0. The van der Waals surface area contributed by atoms with E-state index < -0.39 is 0 Å². The predicted octanol–water partition coefficient (Wildman–Crippen LogP) is 0.697. The molecule has 6 nitrogen and oxygen atoms in total. The highest BCUT2D eigenvalue weighted by atomic mass is 19.1. The smallest absolute Gasteiger partial charge is 0.219 e. The number of halogens is 1. The van der Waals surface area contributed by atoms with Gasteiger partial charge in [0.15, 0.2) is 5.96 Å². The summed E-state index contributed by atoms with van der Waals surface area (Å²) in [4.78, 5) is 19.8. The maximum absolute atomic E-state index is 12.9. The van der Waals surface area contributed by atoms with E-state index in [2.05, 4.69) is 20.5 Å². The van der Waals surface area contributed by atoms with Crippen LogP contribution in [0.1, 0.15) is 12.5 Å². The number of carbonyl (C=O) groups excluding carboxylic acids is 1. The Balaban J connectivity index is 1.60. The standard InChI is InChI=1S/C18H28FN5O/c1-15(25)24-13-11-23(12-14-24)10-9-22-18(20-2)21-8-7-16-3-5-17(19)6-4-16/h3-6H,7-14H2,1-2H3,(H2,20,21,22). The second-order valence-corrected chi connectivity index (χ2v) is 6.15. The van der Waals surface area contributed by atoms with Gasteiger partial charge in [0.05, 0.1) is 0 Å². The van der Waals surface area contributed by atoms with Crippen LogP contribution in [0.3, 0.4) is 0 Å². The molecule has 2 rings (SSSR count). The number of hydrogen-bond donors (Lipinski definition) is 2. The zero-order valence-electron chi connectivity index (χ0n) is 15.1. The van der Waals surface area contributed by atoms with Crippen LogP contribution in [0, 0.1) is 5.82 Å². The van der Waals surface area contributed by atoms with E-state index in [4.69, 9.17) is 0 Å². The largest absolute Gasteiger partial charge is 0.356 e. The van der Waals surface area contributed by atoms with Crippen LogP contribution in [0.2, 0.25) is 0 Å². The third-order valence-corrected chi connectivity index (χ3v) is 4.38. The summed E-state index contributed by atoms with van der Waals surface area (Å²) in [6.45, 7) is 7.53. The molecular formula is C18H28FN5O. The molecular weight excluding hydrogens is 321 g/mol. The molecule has 138 valence electrons. The Morgan fingerprint density at radius 1 is 1.12 bits per heavy atom. The van der Waals surface area contributed by atoms with Gasteiger partial charge in [-0.1, -0.05) is 12.1 Å². The van der Waals surface area contributed by atoms with Crippen LogP contribution in [0.15, 0.2) is 29.3 Å². The molecule has 1 aromatic rings. The fourth-order valence-corrected chi connectivity index (χ4v) is 2.82. The van der Waals surface area contributed by atoms with Gasteiger partial charge in [0, 0.05) is 59.8 Å². The zero-order valence-corrected chi connectivity index (χ0v) is 15.1. The number of hydrogen-bond acceptors (Lipinski definition) is 3. The van der Waals surface area contributed by atoms with Gasteiger partial charge >= 0.3 is 0 Å². The van der Waals surface area contributed by atoms with Gasteiger partial charge in [-0.2, -0.15) is 0 Å². The molecule has 0 saturated carbocycles. The third kappa shape index (κ3) is 6.70. The molecule has 1 aliphatic heterocycles. The van der Waals surface area contributed by atoms with Crippen LogP contribution in [-0.2, 0) is 11.2 Å². The molecule has 0 aromatic heterocycles. The van der Waals surface area contributed by atoms with Gasteiger partial charge in [0.2, 0.25) is 5.91 Å². The van der Waals surface area contributed by atoms with Gasteiger partial charge in [0.25, 0.3) is 0 Å². The van der Waals surface area contributed by atoms with Crippen LogP contribution < -0.4 is 10.6 Å². The van der Waals surface area contributed by atoms with E-state index in [0.29, 0.717) is 0 Å². The van der Waals surface area contributed by atoms with E-state index in [0.717, 1.165) is 63.8 Å². The quantitative estimate of drug-likeness (QED) is 0.586. The molecule has 0 atom stereocenters. The van der Waals surface area contributed by atoms with Crippen molar-refractivity contribution in [3.63, 3.8) is 0 Å². The minimum atomic E-state index is -0.210. The maximum atomic E-state index is 12.9. The summed E-state index contributed by atoms with van der Waals surface area (Å²) in [5.74, 6) is 0.714. The lowest BCUT2D eigenvalue weighted by molar-refractivity contribution is -0.130. The maximum Gasteiger partial charge on any atom is 0.219 e. The molecule has 0 bridgehead atoms. The van der Waals surface area contributed by atoms with Gasteiger partial charge in [-0.15, -0.1) is 0 Å². The summed E-state index contributed by atoms with van der Waals surface area (Å²) in [5.41, 5.74) is 1.09. The SMILES string of the molecule is CN=C(NCCc1ccc(F)cc1)NCCN1CCN(C(C)=O)CC1. The van der Waals surface area contributed by atoms with Crippen LogP contribution in [0.25, 0.3) is 0 Å². The van der Waals surface area contributed by atoms with E-state index in [9.17, 15) is 9.18 Å². The predicted molar refractivity (Wildman–Crippen MR) is 98.2 cm³/mol. The first kappa shape index (κ1) is 19.2. The van der Waals surface area contributed by atoms with Gasteiger partial charge < -0.3 is 15.5 Å². The average Bonchev–Trinajstić information content (AvgIpc) is 2.62. The average molecular weight is 349 g/mol. The molecule has 1 amide bonds. The van der Waals surface area contributed by atoms with Crippen molar-refractivity contribution < 1.29 is 9.18 Å². The summed E-state index contributed by atoms with van der Waals surface area (Å²) in [6.07, 6.45) is 0.813. The van der Waals surface area contributed by atoms with Gasteiger partial charge in [-0.3, -0.25) is 14.7 Å². The molecule has 2 N–H and O–H groups in total. The van der Waals surface area contributed by atoms with Crippen molar-refractivity contribution in [2.24, 2.45) is 4.99 Å². The van der Waals surface area contributed by atoms with E-state index >= 15 is 0 Å². The number of aliphatic imine (C=N–C) groups is 1. The highest BCUT2D eigenvalue weighted by Crippen LogP contribution is 2.03. The lowest BCUT2D eigenvalue weighted by Crippen LogP contribution is -2.50. The number of amides is 1. The van der Waals surface area contributed by atoms with E-state index in [1.165, 1.54) is 12.1 Å². The molecule has 0 unspecified atom stereocenters. The Kier molecular flexibility index (Phi) is 7.66. The first-order valence-electron chi connectivity index (χ1n) is 8.75. The van der Waals surface area contributed by atoms with Crippen molar-refractivity contribution in [1.82, 2.24) is 20.4 Å². The second-order valence-electron chi connectivity index (χ2n) is 6.15. The zero-order chi connectivity index (χ0) is 18.1. The van der Waals surface area contributed by atoms with Crippen molar-refractivity contribution >= 4 is 11.9 Å². The van der Waals surface area contributed by atoms with E-state index in [1.807, 2.05) is 4.90 Å². The topological polar surface area (TPSA) is 60.0 Å². The molecule has 0 aliphatic carbocycles. The minimum Gasteiger partial charge on any atom is -0.356 e. The number of piperazine rings is 1. The van der Waals surface area contributed by atoms with Crippen LogP contribution in [0.5, 0.6) is 0 Å². The number of carbonyl (C=O) groups is 1. The van der Waals surface area contributed by atoms with Gasteiger partial charge in [-0.25, -0.2) is 4.39 Å². The molecule has 1 heterocycles. The number of nitrogens with zero attached hydrogens (tertiary/aromatic N) is 3. The van der Waals surface area contributed by atoms with Crippen molar-refractivity contribution in [1.29, 1.82) is 0 Å². The fourth-order valence-electron chi connectivity index (χ4n) is 2.82. The molecule has 1 fully saturated rings. The monoisotopic (exact) mass is 349 g/mol. The van der Waals surface area contributed by atoms with Gasteiger partial charge in [0.1, 0.15) is 5.82 Å². The van der Waals surface area contributed by atoms with Crippen LogP contribution in [-0.4, -0.2) is 74.5 Å². The summed E-state index contributed by atoms with van der Waals surface area (Å²) >= 11 is 0. The Hall–Kier alpha value is -2.15. The van der Waals surface area contributed by atoms with Crippen molar-refractivity contribution in [3.8, 4) is 0 Å². The van der Waals surface area contributed by atoms with E-state index in [-0.39, 0.29) is 11.7 Å². The van der Waals surface area contributed by atoms with Crippen molar-refractivity contribution in [2.75, 3.05) is 52.9 Å². The number of nitrogens with one attached hydrogen (secondary N) is 2. The second kappa shape index (κ2) is 9.98. The van der Waals surface area contributed by atoms with E-state index in [1.54, 1.807) is 26.1 Å². The molecule has 0 spiro atoms. The minimum absolute atomic E-state index is 0.156. The number of rotatable bonds is 6. The summed E-state index contributed by atoms with van der Waals surface area (Å²) in [5, 5.41) is 6.57. The summed E-state index contributed by atoms with van der Waals surface area (Å²) in [6, 6.07) is 6.56. The third-order valence-electron chi connectivity index (χ3n) is 4.38. The molecule has 1 saturated heterocycles. The lowest BCUT2D eigenvalue weighted by Gasteiger charge is -2.34. The Morgan fingerprint density at radius 3 is 2.36 bits per heavy atom. The van der Waals surface area contributed by atoms with Crippen LogP contribution >= 0.6 is 0 Å².